The van der Waals surface area contributed by atoms with Crippen LogP contribution in [-0.4, -0.2) is 200 Å². The fourth-order valence-electron chi connectivity index (χ4n) is 11.5. The monoisotopic (exact) mass is 1480 g/mol. The van der Waals surface area contributed by atoms with Crippen LogP contribution < -0.4 is 92.9 Å². The van der Waals surface area contributed by atoms with Gasteiger partial charge >= 0.3 is 11.9 Å². The highest BCUT2D eigenvalue weighted by Gasteiger charge is 2.37. The van der Waals surface area contributed by atoms with Gasteiger partial charge in [0.15, 0.2) is 11.9 Å². The number of aromatic amines is 2. The number of aromatic hydroxyl groups is 1. The molecule has 2 heterocycles. The number of hydrogen-bond donors (Lipinski definition) is 24. The summed E-state index contributed by atoms with van der Waals surface area (Å²) in [6, 6.07) is 7.58. The molecule has 36 heteroatoms. The molecule has 106 heavy (non-hydrogen) atoms. The van der Waals surface area contributed by atoms with Crippen molar-refractivity contribution in [3.05, 3.63) is 120 Å². The third-order valence-electron chi connectivity index (χ3n) is 17.2. The summed E-state index contributed by atoms with van der Waals surface area (Å²) >= 11 is 0. The predicted molar refractivity (Wildman–Crippen MR) is 393 cm³/mol. The lowest BCUT2D eigenvalue weighted by atomic mass is 10.0. The average Bonchev–Trinajstić information content (AvgIpc) is 1.60. The van der Waals surface area contributed by atoms with Crippen LogP contribution in [0.2, 0.25) is 0 Å². The first-order valence-electron chi connectivity index (χ1n) is 35.3. The maximum atomic E-state index is 15.3. The number of guanidine groups is 2. The summed E-state index contributed by atoms with van der Waals surface area (Å²) in [6.45, 7) is 0.702. The second kappa shape index (κ2) is 45.8. The number of carboxylic acids is 2. The Morgan fingerprint density at radius 2 is 0.830 bits per heavy atom. The second-order valence-electron chi connectivity index (χ2n) is 25.6. The summed E-state index contributed by atoms with van der Waals surface area (Å²) in [4.78, 5) is 166. The number of nitrogens with one attached hydrogen (secondary N) is 15. The minimum Gasteiger partial charge on any atom is -0.508 e. The quantitative estimate of drug-likeness (QED) is 0.0108. The van der Waals surface area contributed by atoms with E-state index in [1.54, 1.807) is 66.9 Å². The highest BCUT2D eigenvalue weighted by Crippen LogP contribution is 2.21. The number of rotatable bonds is 50. The van der Waals surface area contributed by atoms with Crippen LogP contribution in [0.25, 0.3) is 10.9 Å². The summed E-state index contributed by atoms with van der Waals surface area (Å²) in [7, 11) is 0. The van der Waals surface area contributed by atoms with Gasteiger partial charge in [0.2, 0.25) is 53.2 Å². The van der Waals surface area contributed by atoms with E-state index in [-0.39, 0.29) is 140 Å². The summed E-state index contributed by atoms with van der Waals surface area (Å²) in [5.74, 6) is -11.6. The molecule has 5 rings (SSSR count). The molecule has 0 aliphatic heterocycles. The third kappa shape index (κ3) is 30.6. The molecule has 0 radical (unpaired) electrons. The molecule has 578 valence electrons. The standard InChI is InChI=1S/C70H104N22O14/c71-29-9-6-18-49(62(99)88-53(27-28-58(94)95)64(101)89-54(68(105)106)22-13-33-81-70(77)78)84-60(97)51(20-8-11-31-73)87-67(104)57(37-44-39-79-40-83-44)92-66(103)56(36-43-38-82-48-17-5-4-16-46(43)48)91-63(100)52(21-12-32-80-69(75)76)85-61(98)50(19-7-10-30-72)86-65(102)55(35-42-23-25-45(93)26-24-42)90-59(96)47(74)34-41-14-2-1-3-15-41/h1-5,14-17,23-26,38-40,47,49-57,82,93H,6-13,18-22,27-37,71-74H2,(H,79,83)(H,84,97)(H,85,98)(H,86,102)(H,87,104)(H,88,99)(H,89,101)(H,90,96)(H,91,100)(H,92,103)(H,94,95)(H,105,106)(H4,75,76,80)(H4,77,78,81)/t47-,49+,50-,51+,52+,53-,54-,55-,56-,57-/m0/s1. The molecule has 0 aliphatic carbocycles. The first-order valence-corrected chi connectivity index (χ1v) is 35.3. The Bertz CT molecular complexity index is 3680. The van der Waals surface area contributed by atoms with Crippen LogP contribution in [0.15, 0.2) is 97.6 Å². The highest BCUT2D eigenvalue weighted by atomic mass is 16.4. The van der Waals surface area contributed by atoms with Crippen molar-refractivity contribution in [3.63, 3.8) is 0 Å². The van der Waals surface area contributed by atoms with Crippen LogP contribution in [0.1, 0.15) is 119 Å². The zero-order valence-electron chi connectivity index (χ0n) is 59.2. The lowest BCUT2D eigenvalue weighted by molar-refractivity contribution is -0.143. The molecule has 0 saturated heterocycles. The minimum absolute atomic E-state index is 0.00646. The van der Waals surface area contributed by atoms with Gasteiger partial charge in [-0.15, -0.1) is 0 Å². The predicted octanol–water partition coefficient (Wildman–Crippen LogP) is -2.58. The average molecular weight is 1480 g/mol. The van der Waals surface area contributed by atoms with E-state index in [1.165, 1.54) is 24.7 Å². The molecule has 5 aromatic rings. The third-order valence-corrected chi connectivity index (χ3v) is 17.2. The molecule has 0 unspecified atom stereocenters. The fourth-order valence-corrected chi connectivity index (χ4v) is 11.5. The molecule has 0 fully saturated rings. The molecular formula is C70H104N22O14. The Labute approximate surface area is 613 Å². The molecule has 0 bridgehead atoms. The van der Waals surface area contributed by atoms with E-state index in [2.05, 4.69) is 73.4 Å². The zero-order valence-corrected chi connectivity index (χ0v) is 59.2. The number of phenols is 1. The van der Waals surface area contributed by atoms with Gasteiger partial charge in [-0.1, -0.05) is 60.7 Å². The van der Waals surface area contributed by atoms with Crippen molar-refractivity contribution in [2.75, 3.05) is 32.7 Å². The van der Waals surface area contributed by atoms with Crippen molar-refractivity contribution in [1.82, 2.24) is 73.4 Å². The van der Waals surface area contributed by atoms with E-state index in [9.17, 15) is 53.7 Å². The van der Waals surface area contributed by atoms with Crippen LogP contribution in [-0.2, 0) is 78.4 Å². The molecule has 0 saturated carbocycles. The Kier molecular flexibility index (Phi) is 36.9. The Morgan fingerprint density at radius 1 is 0.434 bits per heavy atom. The van der Waals surface area contributed by atoms with Crippen molar-refractivity contribution in [2.24, 2.45) is 34.4 Å². The SMILES string of the molecule is N=C(N)NCCC[C@H](NC(=O)[C@H](CCC(=O)O)NC(=O)[C@@H](CCCCN)NC(=O)[C@@H](CCCCN)NC(=O)[C@H](Cc1c[nH]cn1)NC(=O)[C@H](Cc1c[nH]c2ccccc12)NC(=O)[C@@H](CCCNC(=N)N)NC(=O)[C@H](CCCCN)NC(=O)[C@H](Cc1ccc(O)cc1)NC(=O)[C@@H](N)Cc1ccccc1)C(=O)O. The Hall–Kier alpha value is -11.2. The number of carbonyl (C=O) groups excluding carboxylic acids is 9. The van der Waals surface area contributed by atoms with Gasteiger partial charge in [0, 0.05) is 62.1 Å². The topological polar surface area (TPSA) is 629 Å². The van der Waals surface area contributed by atoms with Gasteiger partial charge in [0.05, 0.1) is 18.1 Å². The summed E-state index contributed by atoms with van der Waals surface area (Å²) in [5.41, 5.74) is 37.7. The second-order valence-corrected chi connectivity index (χ2v) is 25.6. The number of fused-ring (bicyclic) bond motifs is 1. The van der Waals surface area contributed by atoms with E-state index in [0.29, 0.717) is 47.7 Å². The van der Waals surface area contributed by atoms with Gasteiger partial charge < -0.3 is 118 Å². The van der Waals surface area contributed by atoms with Crippen molar-refractivity contribution in [3.8, 4) is 5.75 Å². The van der Waals surface area contributed by atoms with Crippen LogP contribution in [0, 0.1) is 10.8 Å². The van der Waals surface area contributed by atoms with Crippen LogP contribution in [0.3, 0.4) is 0 Å². The van der Waals surface area contributed by atoms with Crippen molar-refractivity contribution in [1.29, 1.82) is 10.8 Å². The van der Waals surface area contributed by atoms with E-state index in [4.69, 9.17) is 45.2 Å². The van der Waals surface area contributed by atoms with Gasteiger partial charge in [-0.25, -0.2) is 9.78 Å². The Morgan fingerprint density at radius 3 is 1.28 bits per heavy atom. The number of amides is 9. The number of unbranched alkanes of at least 4 members (excludes halogenated alkanes) is 3. The lowest BCUT2D eigenvalue weighted by Crippen LogP contribution is -2.61. The van der Waals surface area contributed by atoms with Crippen molar-refractivity contribution < 1.29 is 68.1 Å². The van der Waals surface area contributed by atoms with Crippen LogP contribution in [0.4, 0.5) is 0 Å². The Balaban J connectivity index is 1.47. The number of nitrogens with zero attached hydrogens (tertiary/aromatic N) is 1. The number of hydrogen-bond acceptors (Lipinski definition) is 19. The van der Waals surface area contributed by atoms with E-state index < -0.39 is 138 Å². The van der Waals surface area contributed by atoms with Gasteiger partial charge in [-0.2, -0.15) is 0 Å². The van der Waals surface area contributed by atoms with Crippen molar-refractivity contribution in [2.45, 2.75) is 182 Å². The maximum absolute atomic E-state index is 15.3. The number of aromatic nitrogens is 3. The number of benzene rings is 3. The van der Waals surface area contributed by atoms with E-state index in [1.807, 2.05) is 6.07 Å². The molecule has 9 amide bonds. The largest absolute Gasteiger partial charge is 0.508 e. The molecular weight excluding hydrogens is 1370 g/mol. The number of imidazole rings is 1. The lowest BCUT2D eigenvalue weighted by Gasteiger charge is -2.28. The van der Waals surface area contributed by atoms with Gasteiger partial charge in [0.1, 0.15) is 60.1 Å². The maximum Gasteiger partial charge on any atom is 0.326 e. The smallest absolute Gasteiger partial charge is 0.326 e. The molecule has 10 atom stereocenters. The minimum atomic E-state index is -1.63. The first kappa shape index (κ1) is 85.4. The van der Waals surface area contributed by atoms with Crippen molar-refractivity contribution >= 4 is 87.9 Å². The summed E-state index contributed by atoms with van der Waals surface area (Å²) in [6.07, 6.45) is 4.44. The molecule has 0 spiro atoms. The van der Waals surface area contributed by atoms with Crippen LogP contribution >= 0.6 is 0 Å². The number of carbonyl (C=O) groups is 11. The van der Waals surface area contributed by atoms with Gasteiger partial charge in [-0.05, 0) is 151 Å². The molecule has 30 N–H and O–H groups in total. The number of carboxylic acid groups (broad SMARTS) is 2. The molecule has 36 nitrogen and oxygen atoms in total. The van der Waals surface area contributed by atoms with E-state index >= 15 is 14.4 Å². The van der Waals surface area contributed by atoms with Gasteiger partial charge in [0.25, 0.3) is 0 Å². The first-order chi connectivity index (χ1) is 50.8. The number of para-hydroxylation sites is 1. The van der Waals surface area contributed by atoms with Crippen LogP contribution in [0.5, 0.6) is 5.75 Å². The normalized spacial score (nSPS) is 13.9. The number of aliphatic carboxylic acids is 2. The highest BCUT2D eigenvalue weighted by molar-refractivity contribution is 5.99. The fraction of sp³-hybridized carbons (Fsp3) is 0.486. The zero-order chi connectivity index (χ0) is 77.5. The summed E-state index contributed by atoms with van der Waals surface area (Å²) < 4.78 is 0. The van der Waals surface area contributed by atoms with E-state index in [0.717, 1.165) is 5.56 Å². The summed E-state index contributed by atoms with van der Waals surface area (Å²) in [5, 5.41) is 74.6. The number of H-pyrrole nitrogens is 2. The number of phenolic OH excluding ortho intramolecular Hbond substituents is 1. The molecule has 3 aromatic carbocycles. The number of nitrogens with two attached hydrogens (primary N) is 6. The molecule has 2 aromatic heterocycles. The van der Waals surface area contributed by atoms with Gasteiger partial charge in [-0.3, -0.25) is 58.8 Å². The molecule has 0 aliphatic rings.